The van der Waals surface area contributed by atoms with Crippen molar-refractivity contribution in [2.75, 3.05) is 37.6 Å². The molecule has 0 aromatic heterocycles. The van der Waals surface area contributed by atoms with Crippen molar-refractivity contribution < 1.29 is 13.7 Å². The minimum absolute atomic E-state index is 0.0831. The number of halogens is 1. The van der Waals surface area contributed by atoms with E-state index < -0.39 is 18.3 Å². The van der Waals surface area contributed by atoms with E-state index in [-0.39, 0.29) is 30.9 Å². The van der Waals surface area contributed by atoms with Gasteiger partial charge in [0.15, 0.2) is 12.3 Å². The highest BCUT2D eigenvalue weighted by molar-refractivity contribution is 5.80. The number of nitrogens with zero attached hydrogens (tertiary/aromatic N) is 2. The number of benzene rings is 1. The predicted molar refractivity (Wildman–Crippen MR) is 115 cm³/mol. The van der Waals surface area contributed by atoms with Gasteiger partial charge in [-0.1, -0.05) is 18.2 Å². The molecule has 1 aromatic rings. The number of quaternary nitrogens is 1. The Morgan fingerprint density at radius 3 is 2.57 bits per heavy atom. The fourth-order valence-electron chi connectivity index (χ4n) is 5.57. The molecule has 30 heavy (non-hydrogen) atoms. The molecule has 166 valence electrons. The van der Waals surface area contributed by atoms with Crippen molar-refractivity contribution in [2.45, 2.75) is 50.6 Å². The second-order valence-electron chi connectivity index (χ2n) is 8.96. The lowest BCUT2D eigenvalue weighted by molar-refractivity contribution is -0.952. The summed E-state index contributed by atoms with van der Waals surface area (Å²) in [5, 5.41) is 9.87. The SMILES string of the molecule is CC1NCC(NC(=O)C(C(N)N)C2NCC(F)C[N+]23CCCC3)N1c1ccccc1. The summed E-state index contributed by atoms with van der Waals surface area (Å²) in [5.74, 6) is -0.810. The van der Waals surface area contributed by atoms with E-state index in [9.17, 15) is 9.18 Å². The van der Waals surface area contributed by atoms with E-state index in [0.29, 0.717) is 17.6 Å². The summed E-state index contributed by atoms with van der Waals surface area (Å²) in [7, 11) is 0. The molecule has 7 N–H and O–H groups in total. The van der Waals surface area contributed by atoms with Crippen LogP contribution in [0.15, 0.2) is 30.3 Å². The van der Waals surface area contributed by atoms with Crippen molar-refractivity contribution in [3.05, 3.63) is 30.3 Å². The molecule has 1 amide bonds. The van der Waals surface area contributed by atoms with Crippen LogP contribution in [0.25, 0.3) is 0 Å². The molecule has 0 saturated carbocycles. The van der Waals surface area contributed by atoms with Crippen LogP contribution in [0.5, 0.6) is 0 Å². The van der Waals surface area contributed by atoms with Crippen LogP contribution in [0.1, 0.15) is 19.8 Å². The van der Waals surface area contributed by atoms with E-state index in [1.165, 1.54) is 0 Å². The molecule has 1 aromatic carbocycles. The topological polar surface area (TPSA) is 108 Å². The second kappa shape index (κ2) is 8.76. The highest BCUT2D eigenvalue weighted by Crippen LogP contribution is 2.31. The third kappa shape index (κ3) is 4.04. The zero-order valence-electron chi connectivity index (χ0n) is 17.6. The maximum absolute atomic E-state index is 14.3. The van der Waals surface area contributed by atoms with Gasteiger partial charge in [0.25, 0.3) is 0 Å². The molecule has 3 heterocycles. The number of carbonyl (C=O) groups is 1. The summed E-state index contributed by atoms with van der Waals surface area (Å²) in [4.78, 5) is 15.6. The first-order valence-electron chi connectivity index (χ1n) is 11.0. The molecular weight excluding hydrogens is 385 g/mol. The standard InChI is InChI=1S/C21H34FN7O/c1-14-25-12-17(28(14)16-7-3-2-4-8-16)27-21(30)18(19(23)24)20-26-11-15(22)13-29(20)9-5-6-10-29/h2-4,7-8,14-15,17-20,25-26H,5-6,9-13,23-24H2,1H3/p+1. The molecule has 5 atom stereocenters. The lowest BCUT2D eigenvalue weighted by atomic mass is 9.95. The van der Waals surface area contributed by atoms with Crippen LogP contribution in [-0.4, -0.2) is 73.9 Å². The van der Waals surface area contributed by atoms with E-state index >= 15 is 0 Å². The van der Waals surface area contributed by atoms with E-state index in [1.807, 2.05) is 30.3 Å². The van der Waals surface area contributed by atoms with Crippen molar-refractivity contribution in [3.63, 3.8) is 0 Å². The third-order valence-electron chi connectivity index (χ3n) is 6.94. The Morgan fingerprint density at radius 2 is 1.90 bits per heavy atom. The largest absolute Gasteiger partial charge is 0.335 e. The second-order valence-corrected chi connectivity index (χ2v) is 8.96. The molecule has 3 aliphatic heterocycles. The minimum atomic E-state index is -0.912. The van der Waals surface area contributed by atoms with Crippen LogP contribution >= 0.6 is 0 Å². The molecule has 5 unspecified atom stereocenters. The maximum Gasteiger partial charge on any atom is 0.235 e. The lowest BCUT2D eigenvalue weighted by Gasteiger charge is -2.49. The van der Waals surface area contributed by atoms with Crippen LogP contribution in [0, 0.1) is 5.92 Å². The van der Waals surface area contributed by atoms with Gasteiger partial charge in [-0.2, -0.15) is 0 Å². The van der Waals surface area contributed by atoms with Gasteiger partial charge in [-0.3, -0.25) is 15.4 Å². The van der Waals surface area contributed by atoms with Gasteiger partial charge in [0.05, 0.1) is 25.4 Å². The fraction of sp³-hybridized carbons (Fsp3) is 0.667. The maximum atomic E-state index is 14.3. The first-order valence-corrected chi connectivity index (χ1v) is 11.0. The predicted octanol–water partition coefficient (Wildman–Crippen LogP) is -0.378. The van der Waals surface area contributed by atoms with Gasteiger partial charge >= 0.3 is 0 Å². The Balaban J connectivity index is 1.54. The highest BCUT2D eigenvalue weighted by atomic mass is 19.1. The number of rotatable bonds is 5. The Hall–Kier alpha value is -1.78. The van der Waals surface area contributed by atoms with Crippen molar-refractivity contribution in [3.8, 4) is 0 Å². The van der Waals surface area contributed by atoms with Crippen LogP contribution in [-0.2, 0) is 4.79 Å². The molecule has 0 bridgehead atoms. The molecule has 3 aliphatic rings. The summed E-state index contributed by atoms with van der Waals surface area (Å²) in [6.07, 6.45) is -0.0656. The highest BCUT2D eigenvalue weighted by Gasteiger charge is 2.52. The molecule has 4 rings (SSSR count). The Bertz CT molecular complexity index is 727. The monoisotopic (exact) mass is 420 g/mol. The summed E-state index contributed by atoms with van der Waals surface area (Å²) in [5.41, 5.74) is 13.3. The number of hydrogen-bond acceptors (Lipinski definition) is 6. The molecule has 0 radical (unpaired) electrons. The Labute approximate surface area is 177 Å². The zero-order valence-corrected chi connectivity index (χ0v) is 17.6. The number of alkyl halides is 1. The fourth-order valence-corrected chi connectivity index (χ4v) is 5.57. The first-order chi connectivity index (χ1) is 14.4. The summed E-state index contributed by atoms with van der Waals surface area (Å²) in [6.45, 7) is 5.06. The van der Waals surface area contributed by atoms with Gasteiger partial charge in [0.1, 0.15) is 18.6 Å². The number of nitrogens with one attached hydrogen (secondary N) is 3. The molecule has 8 nitrogen and oxygen atoms in total. The number of nitrogens with two attached hydrogens (primary N) is 2. The zero-order chi connectivity index (χ0) is 21.3. The van der Waals surface area contributed by atoms with E-state index in [0.717, 1.165) is 31.6 Å². The molecule has 0 aliphatic carbocycles. The number of carbonyl (C=O) groups excluding carboxylic acids is 1. The van der Waals surface area contributed by atoms with Gasteiger partial charge in [-0.05, 0) is 19.1 Å². The Kier molecular flexibility index (Phi) is 6.26. The smallest absolute Gasteiger partial charge is 0.235 e. The van der Waals surface area contributed by atoms with E-state index in [4.69, 9.17) is 11.5 Å². The van der Waals surface area contributed by atoms with Crippen LogP contribution in [0.3, 0.4) is 0 Å². The van der Waals surface area contributed by atoms with Crippen molar-refractivity contribution in [1.82, 2.24) is 16.0 Å². The average Bonchev–Trinajstić information content (AvgIpc) is 3.31. The quantitative estimate of drug-likeness (QED) is 0.328. The number of amides is 1. The number of anilines is 1. The Morgan fingerprint density at radius 1 is 1.20 bits per heavy atom. The molecule has 3 fully saturated rings. The van der Waals surface area contributed by atoms with Gasteiger partial charge in [0, 0.05) is 31.6 Å². The normalized spacial score (nSPS) is 32.0. The van der Waals surface area contributed by atoms with E-state index in [1.54, 1.807) is 0 Å². The van der Waals surface area contributed by atoms with Gasteiger partial charge in [0.2, 0.25) is 5.91 Å². The van der Waals surface area contributed by atoms with Crippen molar-refractivity contribution in [1.29, 1.82) is 0 Å². The van der Waals surface area contributed by atoms with E-state index in [2.05, 4.69) is 27.8 Å². The average molecular weight is 421 g/mol. The summed E-state index contributed by atoms with van der Waals surface area (Å²) < 4.78 is 14.8. The van der Waals surface area contributed by atoms with Crippen LogP contribution in [0.2, 0.25) is 0 Å². The van der Waals surface area contributed by atoms with Gasteiger partial charge < -0.3 is 26.2 Å². The van der Waals surface area contributed by atoms with Crippen molar-refractivity contribution in [2.24, 2.45) is 17.4 Å². The number of hydrogen-bond donors (Lipinski definition) is 5. The van der Waals surface area contributed by atoms with Crippen LogP contribution in [0.4, 0.5) is 10.1 Å². The van der Waals surface area contributed by atoms with Crippen LogP contribution < -0.4 is 32.3 Å². The number of para-hydroxylation sites is 1. The molecule has 1 spiro atoms. The third-order valence-corrected chi connectivity index (χ3v) is 6.94. The lowest BCUT2D eigenvalue weighted by Crippen LogP contribution is -2.74. The molecular formula is C21H35FN7O+. The van der Waals surface area contributed by atoms with Gasteiger partial charge in [-0.25, -0.2) is 4.39 Å². The summed E-state index contributed by atoms with van der Waals surface area (Å²) in [6, 6.07) is 10.0. The first kappa shape index (κ1) is 21.5. The molecule has 3 saturated heterocycles. The minimum Gasteiger partial charge on any atom is -0.335 e. The molecule has 9 heteroatoms. The summed E-state index contributed by atoms with van der Waals surface area (Å²) >= 11 is 0. The van der Waals surface area contributed by atoms with Gasteiger partial charge in [-0.15, -0.1) is 0 Å². The van der Waals surface area contributed by atoms with Crippen molar-refractivity contribution >= 4 is 11.6 Å².